The number of H-pyrrole nitrogens is 1. The van der Waals surface area contributed by atoms with Gasteiger partial charge in [0.05, 0.1) is 19.3 Å². The summed E-state index contributed by atoms with van der Waals surface area (Å²) < 4.78 is 12.1. The van der Waals surface area contributed by atoms with Crippen LogP contribution in [0.4, 0.5) is 0 Å². The Morgan fingerprint density at radius 1 is 1.07 bits per heavy atom. The van der Waals surface area contributed by atoms with Gasteiger partial charge in [-0.25, -0.2) is 0 Å². The molecule has 6 N–H and O–H groups in total. The summed E-state index contributed by atoms with van der Waals surface area (Å²) in [5.74, 6) is 3.39. The summed E-state index contributed by atoms with van der Waals surface area (Å²) in [5.41, 5.74) is 4.37. The van der Waals surface area contributed by atoms with Gasteiger partial charge >= 0.3 is 0 Å². The maximum Gasteiger partial charge on any atom is 0.161 e. The first-order chi connectivity index (χ1) is 20.9. The molecular weight excluding hydrogens is 542 g/mol. The average Bonchev–Trinajstić information content (AvgIpc) is 3.77. The number of likely N-dealkylation sites (N-methyl/N-ethyl adjacent to an activating group) is 1. The molecule has 1 aliphatic carbocycles. The lowest BCUT2D eigenvalue weighted by atomic mass is 9.80. The summed E-state index contributed by atoms with van der Waals surface area (Å²) in [4.78, 5) is 3.48. The van der Waals surface area contributed by atoms with Crippen molar-refractivity contribution in [2.75, 3.05) is 26.7 Å². The minimum Gasteiger partial charge on any atom is -0.504 e. The van der Waals surface area contributed by atoms with Crippen molar-refractivity contribution in [2.45, 2.75) is 103 Å². The molecule has 0 unspecified atom stereocenters. The van der Waals surface area contributed by atoms with E-state index in [0.29, 0.717) is 37.2 Å². The fourth-order valence-electron chi connectivity index (χ4n) is 6.52. The zero-order valence-corrected chi connectivity index (χ0v) is 26.3. The van der Waals surface area contributed by atoms with Gasteiger partial charge in [-0.2, -0.15) is 0 Å². The van der Waals surface area contributed by atoms with Crippen LogP contribution in [-0.4, -0.2) is 59.2 Å². The number of phenolic OH excluding ortho intramolecular Hbond substituents is 1. The molecule has 1 aromatic carbocycles. The number of unbranched alkanes of at least 4 members (excludes halogenated alkanes) is 1. The van der Waals surface area contributed by atoms with Crippen molar-refractivity contribution in [3.05, 3.63) is 70.4 Å². The van der Waals surface area contributed by atoms with Crippen LogP contribution in [0.1, 0.15) is 92.2 Å². The Balaban J connectivity index is 1.35. The van der Waals surface area contributed by atoms with Crippen molar-refractivity contribution in [1.29, 1.82) is 0 Å². The predicted octanol–water partition coefficient (Wildman–Crippen LogP) is 5.39. The van der Waals surface area contributed by atoms with Gasteiger partial charge in [0.1, 0.15) is 11.5 Å². The number of ether oxygens (including phenoxy) is 1. The molecule has 0 radical (unpaired) electrons. The van der Waals surface area contributed by atoms with Crippen LogP contribution in [0.2, 0.25) is 0 Å². The van der Waals surface area contributed by atoms with Crippen molar-refractivity contribution in [3.8, 4) is 11.5 Å². The molecule has 0 spiro atoms. The van der Waals surface area contributed by atoms with E-state index in [1.807, 2.05) is 32.2 Å². The Bertz CT molecular complexity index is 1230. The predicted molar refractivity (Wildman–Crippen MR) is 171 cm³/mol. The smallest absolute Gasteiger partial charge is 0.161 e. The lowest BCUT2D eigenvalue weighted by Gasteiger charge is -2.33. The van der Waals surface area contributed by atoms with Crippen molar-refractivity contribution < 1.29 is 24.5 Å². The first kappa shape index (κ1) is 33.1. The second-order valence-corrected chi connectivity index (χ2v) is 12.3. The molecule has 1 aliphatic rings. The first-order valence-corrected chi connectivity index (χ1v) is 16.3. The Morgan fingerprint density at radius 3 is 2.60 bits per heavy atom. The van der Waals surface area contributed by atoms with Crippen LogP contribution in [-0.2, 0) is 32.3 Å². The minimum atomic E-state index is -0.384. The molecular formula is C35H53N3O5. The monoisotopic (exact) mass is 595 g/mol. The Kier molecular flexibility index (Phi) is 13.0. The van der Waals surface area contributed by atoms with Gasteiger partial charge < -0.3 is 40.1 Å². The molecule has 8 heteroatoms. The van der Waals surface area contributed by atoms with E-state index in [-0.39, 0.29) is 24.5 Å². The van der Waals surface area contributed by atoms with Gasteiger partial charge in [0.15, 0.2) is 11.5 Å². The molecule has 3 aromatic rings. The maximum atomic E-state index is 10.5. The van der Waals surface area contributed by atoms with E-state index in [1.165, 1.54) is 31.2 Å². The van der Waals surface area contributed by atoms with Gasteiger partial charge in [-0.1, -0.05) is 32.3 Å². The van der Waals surface area contributed by atoms with Crippen LogP contribution in [0.25, 0.3) is 0 Å². The fraction of sp³-hybridized carbons (Fsp3) is 0.600. The van der Waals surface area contributed by atoms with E-state index in [2.05, 4.69) is 34.8 Å². The molecule has 0 amide bonds. The fourth-order valence-corrected chi connectivity index (χ4v) is 6.52. The third-order valence-corrected chi connectivity index (χ3v) is 8.78. The SMILES string of the molecule is CCCCc1oc(CCc2ccc(O)c(OCCc3cc([C@H](C4CCCC4)[C@H](CNC)NC[C@H](C)O)c[nH]3)c2)cc1CO. The van der Waals surface area contributed by atoms with E-state index >= 15 is 0 Å². The number of aromatic hydroxyl groups is 1. The summed E-state index contributed by atoms with van der Waals surface area (Å²) in [6.07, 6.45) is 12.0. The largest absolute Gasteiger partial charge is 0.504 e. The highest BCUT2D eigenvalue weighted by atomic mass is 16.5. The lowest BCUT2D eigenvalue weighted by Crippen LogP contribution is -2.46. The van der Waals surface area contributed by atoms with E-state index in [0.717, 1.165) is 67.0 Å². The average molecular weight is 596 g/mol. The molecule has 0 aliphatic heterocycles. The molecule has 8 nitrogen and oxygen atoms in total. The van der Waals surface area contributed by atoms with Crippen LogP contribution < -0.4 is 15.4 Å². The molecule has 238 valence electrons. The quantitative estimate of drug-likeness (QED) is 0.110. The summed E-state index contributed by atoms with van der Waals surface area (Å²) in [7, 11) is 1.99. The number of aliphatic hydroxyl groups excluding tert-OH is 2. The standard InChI is InChI=1S/C35H53N3O5/c1-4-5-10-33-28(23-39)19-30(43-33)13-11-25-12-14-32(41)34(17-25)42-16-15-29-18-27(21-37-29)35(26-8-6-7-9-26)31(22-36-3)38-20-24(2)40/h12,14,17-19,21,24,26,31,35-41H,4-11,13,15-16,20,22-23H2,1-3H3/t24-,31-,35-/m0/s1. The molecule has 0 saturated heterocycles. The highest BCUT2D eigenvalue weighted by Gasteiger charge is 2.33. The second kappa shape index (κ2) is 16.9. The normalized spacial score (nSPS) is 16.0. The van der Waals surface area contributed by atoms with Crippen molar-refractivity contribution in [3.63, 3.8) is 0 Å². The maximum absolute atomic E-state index is 10.5. The zero-order valence-electron chi connectivity index (χ0n) is 26.3. The number of benzene rings is 1. The van der Waals surface area contributed by atoms with Crippen LogP contribution in [0, 0.1) is 5.92 Å². The minimum absolute atomic E-state index is 0.000301. The molecule has 2 heterocycles. The summed E-state index contributed by atoms with van der Waals surface area (Å²) >= 11 is 0. The van der Waals surface area contributed by atoms with Gasteiger partial charge in [0.2, 0.25) is 0 Å². The van der Waals surface area contributed by atoms with Crippen molar-refractivity contribution >= 4 is 0 Å². The number of furan rings is 1. The summed E-state index contributed by atoms with van der Waals surface area (Å²) in [5, 5.41) is 37.0. The summed E-state index contributed by atoms with van der Waals surface area (Å²) in [6, 6.07) is 10.0. The summed E-state index contributed by atoms with van der Waals surface area (Å²) in [6.45, 7) is 5.84. The topological polar surface area (TPSA) is 123 Å². The first-order valence-electron chi connectivity index (χ1n) is 16.3. The number of aromatic nitrogens is 1. The third-order valence-electron chi connectivity index (χ3n) is 8.78. The van der Waals surface area contributed by atoms with E-state index in [4.69, 9.17) is 9.15 Å². The number of aromatic amines is 1. The second-order valence-electron chi connectivity index (χ2n) is 12.3. The number of hydrogen-bond acceptors (Lipinski definition) is 7. The van der Waals surface area contributed by atoms with E-state index in [1.54, 1.807) is 6.07 Å². The van der Waals surface area contributed by atoms with Gasteiger partial charge in [0, 0.05) is 61.8 Å². The highest BCUT2D eigenvalue weighted by molar-refractivity contribution is 5.42. The molecule has 3 atom stereocenters. The molecule has 0 bridgehead atoms. The number of rotatable bonds is 19. The number of aliphatic hydroxyl groups is 2. The molecule has 2 aromatic heterocycles. The van der Waals surface area contributed by atoms with E-state index in [9.17, 15) is 15.3 Å². The molecule has 1 saturated carbocycles. The molecule has 1 fully saturated rings. The Morgan fingerprint density at radius 2 is 1.88 bits per heavy atom. The molecule has 4 rings (SSSR count). The van der Waals surface area contributed by atoms with Crippen molar-refractivity contribution in [2.24, 2.45) is 5.92 Å². The van der Waals surface area contributed by atoms with Crippen LogP contribution in [0.5, 0.6) is 11.5 Å². The highest BCUT2D eigenvalue weighted by Crippen LogP contribution is 2.40. The number of nitrogens with one attached hydrogen (secondary N) is 3. The number of aryl methyl sites for hydroxylation is 3. The van der Waals surface area contributed by atoms with Gasteiger partial charge in [-0.3, -0.25) is 0 Å². The Labute approximate surface area is 257 Å². The Hall–Kier alpha value is -2.78. The number of hydrogen-bond donors (Lipinski definition) is 6. The lowest BCUT2D eigenvalue weighted by molar-refractivity contribution is 0.179. The van der Waals surface area contributed by atoms with Gasteiger partial charge in [-0.15, -0.1) is 0 Å². The van der Waals surface area contributed by atoms with Crippen molar-refractivity contribution in [1.82, 2.24) is 15.6 Å². The number of phenols is 1. The third kappa shape index (κ3) is 9.60. The zero-order chi connectivity index (χ0) is 30.6. The molecule has 43 heavy (non-hydrogen) atoms. The van der Waals surface area contributed by atoms with Gasteiger partial charge in [-0.05, 0) is 81.0 Å². The van der Waals surface area contributed by atoms with Gasteiger partial charge in [0.25, 0.3) is 0 Å². The van der Waals surface area contributed by atoms with Crippen LogP contribution in [0.15, 0.2) is 40.9 Å². The van der Waals surface area contributed by atoms with Crippen LogP contribution >= 0.6 is 0 Å². The van der Waals surface area contributed by atoms with Crippen LogP contribution in [0.3, 0.4) is 0 Å². The van der Waals surface area contributed by atoms with E-state index < -0.39 is 0 Å².